The number of hydrogen-bond donors (Lipinski definition) is 1. The van der Waals surface area contributed by atoms with Crippen molar-refractivity contribution in [2.24, 2.45) is 10.2 Å². The minimum absolute atomic E-state index is 0.191. The van der Waals surface area contributed by atoms with Crippen LogP contribution in [0.25, 0.3) is 0 Å². The molecule has 1 aliphatic rings. The van der Waals surface area contributed by atoms with Gasteiger partial charge in [0, 0.05) is 17.1 Å². The molecule has 0 saturated carbocycles. The molecule has 0 spiro atoms. The third-order valence-corrected chi connectivity index (χ3v) is 7.29. The van der Waals surface area contributed by atoms with Gasteiger partial charge in [0.05, 0.1) is 0 Å². The van der Waals surface area contributed by atoms with Crippen LogP contribution >= 0.6 is 10.0 Å². The second-order valence-corrected chi connectivity index (χ2v) is 8.66. The van der Waals surface area contributed by atoms with E-state index in [2.05, 4.69) is 10.2 Å². The molecule has 2 rings (SSSR count). The number of amides is 1. The van der Waals surface area contributed by atoms with Gasteiger partial charge in [-0.15, -0.1) is 10.2 Å². The number of halogens is 4. The molecule has 0 radical (unpaired) electrons. The van der Waals surface area contributed by atoms with Crippen LogP contribution in [-0.4, -0.2) is 27.6 Å². The highest BCUT2D eigenvalue weighted by Gasteiger charge is 2.57. The van der Waals surface area contributed by atoms with Gasteiger partial charge < -0.3 is 4.84 Å². The summed E-state index contributed by atoms with van der Waals surface area (Å²) < 4.78 is 53.9. The Bertz CT molecular complexity index is 701. The first-order valence-corrected chi connectivity index (χ1v) is 8.54. The Morgan fingerprint density at radius 3 is 2.25 bits per heavy atom. The molecule has 1 heterocycles. The van der Waals surface area contributed by atoms with Crippen molar-refractivity contribution in [2.45, 2.75) is 37.1 Å². The van der Waals surface area contributed by atoms with Crippen LogP contribution in [0.3, 0.4) is 0 Å². The average Bonchev–Trinajstić information content (AvgIpc) is 2.86. The van der Waals surface area contributed by atoms with Crippen LogP contribution < -0.4 is 5.48 Å². The van der Waals surface area contributed by atoms with Gasteiger partial charge in [0.25, 0.3) is 5.23 Å². The zero-order valence-corrected chi connectivity index (χ0v) is 13.8. The molecule has 0 aromatic heterocycles. The standard InChI is InChI=1S/C14H15F4N3O2S/c1-8(2)24(11-6-4-10(15)5-7-11)12(14(16,17)18)19-20-13(24)23-21-9(3)22/h4-8H,1-3H3,(H,21,22). The fraction of sp³-hybridized carbons (Fsp3) is 0.357. The maximum atomic E-state index is 13.6. The molecule has 1 unspecified atom stereocenters. The number of hydrogen-bond acceptors (Lipinski definition) is 4. The van der Waals surface area contributed by atoms with Crippen molar-refractivity contribution in [3.63, 3.8) is 0 Å². The van der Waals surface area contributed by atoms with Crippen LogP contribution in [0.15, 0.2) is 39.4 Å². The Hall–Kier alpha value is -2.10. The molecule has 1 N–H and O–H groups in total. The summed E-state index contributed by atoms with van der Waals surface area (Å²) in [4.78, 5) is 16.3. The van der Waals surface area contributed by atoms with Crippen molar-refractivity contribution < 1.29 is 27.2 Å². The van der Waals surface area contributed by atoms with Gasteiger partial charge in [-0.1, -0.05) is 23.9 Å². The molecule has 1 amide bonds. The summed E-state index contributed by atoms with van der Waals surface area (Å²) in [5.41, 5.74) is 1.99. The highest BCUT2D eigenvalue weighted by molar-refractivity contribution is 8.56. The van der Waals surface area contributed by atoms with Crippen LogP contribution in [0.5, 0.6) is 0 Å². The zero-order valence-electron chi connectivity index (χ0n) is 13.0. The normalized spacial score (nSPS) is 23.3. The largest absolute Gasteiger partial charge is 0.440 e. The lowest BCUT2D eigenvalue weighted by Crippen LogP contribution is -2.38. The van der Waals surface area contributed by atoms with E-state index in [0.29, 0.717) is 0 Å². The van der Waals surface area contributed by atoms with E-state index in [1.54, 1.807) is 13.8 Å². The first-order chi connectivity index (χ1) is 11.1. The summed E-state index contributed by atoms with van der Waals surface area (Å²) in [6.07, 6.45) is -4.75. The van der Waals surface area contributed by atoms with Gasteiger partial charge in [0.2, 0.25) is 5.91 Å². The van der Waals surface area contributed by atoms with Gasteiger partial charge in [0.15, 0.2) is 5.04 Å². The number of carbonyl (C=O) groups excluding carboxylic acids is 1. The Labute approximate surface area is 137 Å². The van der Waals surface area contributed by atoms with Crippen molar-refractivity contribution in [2.75, 3.05) is 0 Å². The summed E-state index contributed by atoms with van der Waals surface area (Å²) in [7, 11) is -3.04. The zero-order chi connectivity index (χ0) is 18.1. The van der Waals surface area contributed by atoms with Crippen molar-refractivity contribution in [1.29, 1.82) is 0 Å². The van der Waals surface area contributed by atoms with E-state index in [1.165, 1.54) is 12.1 Å². The quantitative estimate of drug-likeness (QED) is 0.641. The Morgan fingerprint density at radius 1 is 1.21 bits per heavy atom. The number of nitrogens with one attached hydrogen (secondary N) is 1. The summed E-state index contributed by atoms with van der Waals surface area (Å²) in [5, 5.41) is 4.75. The van der Waals surface area contributed by atoms with E-state index in [9.17, 15) is 22.4 Å². The SMILES string of the molecule is CC(=O)NOC1=NN=C(C(F)(F)F)S1(c1ccc(F)cc1)C(C)C. The summed E-state index contributed by atoms with van der Waals surface area (Å²) in [5.74, 6) is -1.18. The molecule has 0 bridgehead atoms. The van der Waals surface area contributed by atoms with Crippen LogP contribution in [0.2, 0.25) is 0 Å². The van der Waals surface area contributed by atoms with Crippen molar-refractivity contribution in [1.82, 2.24) is 5.48 Å². The van der Waals surface area contributed by atoms with Gasteiger partial charge in [-0.2, -0.15) is 18.7 Å². The third-order valence-electron chi connectivity index (χ3n) is 3.22. The minimum Gasteiger partial charge on any atom is -0.351 e. The van der Waals surface area contributed by atoms with E-state index >= 15 is 0 Å². The monoisotopic (exact) mass is 365 g/mol. The molecule has 0 aliphatic carbocycles. The van der Waals surface area contributed by atoms with E-state index in [1.807, 2.05) is 5.48 Å². The second-order valence-electron chi connectivity index (χ2n) is 5.19. The minimum atomic E-state index is -4.75. The molecule has 1 aromatic rings. The average molecular weight is 365 g/mol. The van der Waals surface area contributed by atoms with Crippen LogP contribution in [-0.2, 0) is 9.63 Å². The summed E-state index contributed by atoms with van der Waals surface area (Å²) in [6, 6.07) is 4.64. The van der Waals surface area contributed by atoms with E-state index in [0.717, 1.165) is 19.1 Å². The number of alkyl halides is 3. The van der Waals surface area contributed by atoms with Crippen LogP contribution in [0.4, 0.5) is 17.6 Å². The lowest BCUT2D eigenvalue weighted by molar-refractivity contribution is -0.125. The molecule has 1 atom stereocenters. The molecule has 5 nitrogen and oxygen atoms in total. The Balaban J connectivity index is 2.62. The fourth-order valence-electron chi connectivity index (χ4n) is 2.30. The van der Waals surface area contributed by atoms with Crippen molar-refractivity contribution in [3.05, 3.63) is 30.1 Å². The van der Waals surface area contributed by atoms with Gasteiger partial charge >= 0.3 is 6.18 Å². The number of rotatable bonds is 2. The number of hydroxylamine groups is 1. The Kier molecular flexibility index (Phi) is 4.88. The molecule has 1 aromatic carbocycles. The number of carbonyl (C=O) groups is 1. The highest BCUT2D eigenvalue weighted by atomic mass is 32.3. The van der Waals surface area contributed by atoms with Crippen molar-refractivity contribution in [3.8, 4) is 0 Å². The van der Waals surface area contributed by atoms with Gasteiger partial charge in [0.1, 0.15) is 5.82 Å². The van der Waals surface area contributed by atoms with E-state index < -0.39 is 38.2 Å². The van der Waals surface area contributed by atoms with Crippen molar-refractivity contribution >= 4 is 26.2 Å². The molecule has 132 valence electrons. The smallest absolute Gasteiger partial charge is 0.351 e. The maximum Gasteiger partial charge on any atom is 0.440 e. The summed E-state index contributed by atoms with van der Waals surface area (Å²) in [6.45, 7) is 4.28. The van der Waals surface area contributed by atoms with Crippen LogP contribution in [0, 0.1) is 5.82 Å². The summed E-state index contributed by atoms with van der Waals surface area (Å²) >= 11 is 0. The first kappa shape index (κ1) is 18.2. The lowest BCUT2D eigenvalue weighted by Gasteiger charge is -2.40. The van der Waals surface area contributed by atoms with Gasteiger partial charge in [-0.3, -0.25) is 4.79 Å². The first-order valence-electron chi connectivity index (χ1n) is 6.84. The highest BCUT2D eigenvalue weighted by Crippen LogP contribution is 2.66. The molecule has 0 saturated heterocycles. The molecular weight excluding hydrogens is 350 g/mol. The van der Waals surface area contributed by atoms with Gasteiger partial charge in [-0.05, 0) is 24.3 Å². The van der Waals surface area contributed by atoms with Crippen LogP contribution in [0.1, 0.15) is 20.8 Å². The van der Waals surface area contributed by atoms with Gasteiger partial charge in [-0.25, -0.2) is 4.39 Å². The van der Waals surface area contributed by atoms with E-state index in [4.69, 9.17) is 4.84 Å². The third kappa shape index (κ3) is 3.10. The predicted molar refractivity (Wildman–Crippen MR) is 83.2 cm³/mol. The Morgan fingerprint density at radius 2 is 1.79 bits per heavy atom. The predicted octanol–water partition coefficient (Wildman–Crippen LogP) is 3.71. The number of benzene rings is 1. The topological polar surface area (TPSA) is 63.0 Å². The fourth-order valence-corrected chi connectivity index (χ4v) is 5.72. The molecule has 24 heavy (non-hydrogen) atoms. The lowest BCUT2D eigenvalue weighted by atomic mass is 10.3. The molecule has 1 aliphatic heterocycles. The number of nitrogens with zero attached hydrogens (tertiary/aromatic N) is 2. The molecule has 10 heteroatoms. The molecular formula is C14H15F4N3O2S. The van der Waals surface area contributed by atoms with E-state index in [-0.39, 0.29) is 10.1 Å². The molecule has 0 fully saturated rings. The maximum absolute atomic E-state index is 13.6. The second kappa shape index (κ2) is 6.42.